The van der Waals surface area contributed by atoms with E-state index in [1.165, 1.54) is 13.2 Å². The second kappa shape index (κ2) is 4.51. The van der Waals surface area contributed by atoms with Crippen LogP contribution in [0.4, 0.5) is 4.39 Å². The van der Waals surface area contributed by atoms with Gasteiger partial charge in [-0.15, -0.1) is 0 Å². The van der Waals surface area contributed by atoms with Gasteiger partial charge in [-0.1, -0.05) is 11.6 Å². The van der Waals surface area contributed by atoms with E-state index < -0.39 is 5.79 Å². The van der Waals surface area contributed by atoms with Crippen molar-refractivity contribution in [2.24, 2.45) is 4.99 Å². The minimum Gasteiger partial charge on any atom is -0.504 e. The fourth-order valence-corrected chi connectivity index (χ4v) is 1.53. The van der Waals surface area contributed by atoms with E-state index in [1.807, 2.05) is 0 Å². The Labute approximate surface area is 96.3 Å². The minimum atomic E-state index is -2.31. The van der Waals surface area contributed by atoms with E-state index in [-0.39, 0.29) is 22.1 Å². The van der Waals surface area contributed by atoms with Crippen LogP contribution in [0, 0.1) is 0 Å². The lowest BCUT2D eigenvalue weighted by atomic mass is 10.1. The summed E-state index contributed by atoms with van der Waals surface area (Å²) in [5.74, 6) is -2.48. The molecule has 1 aromatic rings. The molecule has 4 nitrogen and oxygen atoms in total. The van der Waals surface area contributed by atoms with Crippen LogP contribution in [0.1, 0.15) is 12.5 Å². The van der Waals surface area contributed by atoms with Gasteiger partial charge in [0.1, 0.15) is 0 Å². The highest BCUT2D eigenvalue weighted by atomic mass is 35.5. The van der Waals surface area contributed by atoms with Gasteiger partial charge in [-0.05, 0) is 13.0 Å². The average Bonchev–Trinajstić information content (AvgIpc) is 2.17. The molecule has 0 saturated carbocycles. The van der Waals surface area contributed by atoms with Gasteiger partial charge in [-0.2, -0.15) is 4.99 Å². The van der Waals surface area contributed by atoms with Crippen molar-refractivity contribution in [3.05, 3.63) is 22.7 Å². The van der Waals surface area contributed by atoms with Gasteiger partial charge in [0, 0.05) is 11.6 Å². The van der Waals surface area contributed by atoms with E-state index in [1.54, 1.807) is 0 Å². The molecule has 0 amide bonds. The van der Waals surface area contributed by atoms with Crippen molar-refractivity contribution in [3.8, 4) is 11.5 Å². The van der Waals surface area contributed by atoms with Crippen LogP contribution in [0.15, 0.2) is 17.1 Å². The number of alkyl halides is 1. The van der Waals surface area contributed by atoms with E-state index in [0.717, 1.165) is 19.1 Å². The van der Waals surface area contributed by atoms with Crippen molar-refractivity contribution in [2.75, 3.05) is 7.11 Å². The van der Waals surface area contributed by atoms with E-state index in [2.05, 4.69) is 4.99 Å². The number of aliphatic imine (C=N–C) groups is 1. The zero-order valence-corrected chi connectivity index (χ0v) is 9.38. The zero-order valence-electron chi connectivity index (χ0n) is 8.62. The molecule has 0 aliphatic heterocycles. The molecule has 0 aliphatic rings. The molecule has 6 heteroatoms. The maximum atomic E-state index is 13.9. The predicted octanol–water partition coefficient (Wildman–Crippen LogP) is 2.53. The van der Waals surface area contributed by atoms with Crippen molar-refractivity contribution in [3.63, 3.8) is 0 Å². The largest absolute Gasteiger partial charge is 0.504 e. The summed E-state index contributed by atoms with van der Waals surface area (Å²) < 4.78 is 18.7. The number of aromatic hydroxyl groups is 1. The van der Waals surface area contributed by atoms with Gasteiger partial charge < -0.3 is 9.84 Å². The third-order valence-corrected chi connectivity index (χ3v) is 2.33. The number of halogens is 2. The van der Waals surface area contributed by atoms with Crippen LogP contribution in [0.25, 0.3) is 0 Å². The van der Waals surface area contributed by atoms with Gasteiger partial charge in [-0.3, -0.25) is 0 Å². The molecule has 0 bridgehead atoms. The second-order valence-corrected chi connectivity index (χ2v) is 3.57. The number of methoxy groups -OCH3 is 1. The number of hydrogen-bond donors (Lipinski definition) is 1. The van der Waals surface area contributed by atoms with Gasteiger partial charge in [-0.25, -0.2) is 9.18 Å². The van der Waals surface area contributed by atoms with E-state index >= 15 is 0 Å². The molecule has 86 valence electrons. The number of nitrogens with zero attached hydrogens (tertiary/aromatic N) is 1. The van der Waals surface area contributed by atoms with Crippen LogP contribution in [-0.2, 0) is 10.6 Å². The van der Waals surface area contributed by atoms with Crippen LogP contribution < -0.4 is 4.74 Å². The Morgan fingerprint density at radius 2 is 2.25 bits per heavy atom. The van der Waals surface area contributed by atoms with Crippen LogP contribution in [0.3, 0.4) is 0 Å². The molecule has 1 N–H and O–H groups in total. The van der Waals surface area contributed by atoms with Gasteiger partial charge in [0.15, 0.2) is 11.5 Å². The van der Waals surface area contributed by atoms with Gasteiger partial charge in [0.05, 0.1) is 12.1 Å². The number of isocyanates is 1. The Balaban J connectivity index is 3.39. The first-order valence-electron chi connectivity index (χ1n) is 4.27. The molecule has 0 fully saturated rings. The minimum absolute atomic E-state index is 0.0457. The Hall–Kier alpha value is -1.58. The van der Waals surface area contributed by atoms with E-state index in [4.69, 9.17) is 16.3 Å². The Kier molecular flexibility index (Phi) is 3.52. The summed E-state index contributed by atoms with van der Waals surface area (Å²) in [6.45, 7) is 1.05. The van der Waals surface area contributed by atoms with Gasteiger partial charge in [0.25, 0.3) is 0 Å². The maximum Gasteiger partial charge on any atom is 0.238 e. The zero-order chi connectivity index (χ0) is 12.3. The smallest absolute Gasteiger partial charge is 0.238 e. The molecule has 0 radical (unpaired) electrons. The molecule has 0 aliphatic carbocycles. The fraction of sp³-hybridized carbons (Fsp3) is 0.300. The highest BCUT2D eigenvalue weighted by molar-refractivity contribution is 6.31. The Morgan fingerprint density at radius 1 is 1.62 bits per heavy atom. The van der Waals surface area contributed by atoms with Crippen LogP contribution >= 0.6 is 11.6 Å². The van der Waals surface area contributed by atoms with Crippen molar-refractivity contribution < 1.29 is 19.0 Å². The normalized spacial score (nSPS) is 13.8. The first kappa shape index (κ1) is 12.5. The van der Waals surface area contributed by atoms with Crippen molar-refractivity contribution >= 4 is 17.7 Å². The van der Waals surface area contributed by atoms with Crippen LogP contribution in [0.5, 0.6) is 11.5 Å². The number of phenols is 1. The maximum absolute atomic E-state index is 13.9. The van der Waals surface area contributed by atoms with Crippen molar-refractivity contribution in [1.82, 2.24) is 0 Å². The summed E-state index contributed by atoms with van der Waals surface area (Å²) in [7, 11) is 1.31. The molecule has 16 heavy (non-hydrogen) atoms. The lowest BCUT2D eigenvalue weighted by Gasteiger charge is -2.16. The van der Waals surface area contributed by atoms with Crippen molar-refractivity contribution in [2.45, 2.75) is 12.7 Å². The molecular weight excluding hydrogens is 237 g/mol. The lowest BCUT2D eigenvalue weighted by molar-refractivity contribution is 0.205. The molecule has 1 atom stereocenters. The lowest BCUT2D eigenvalue weighted by Crippen LogP contribution is -2.12. The number of ether oxygens (including phenoxy) is 1. The SMILES string of the molecule is COc1cc(C(C)(F)N=C=O)c(Cl)cc1O. The molecule has 1 aromatic carbocycles. The topological polar surface area (TPSA) is 58.9 Å². The molecule has 0 aromatic heterocycles. The third kappa shape index (κ3) is 2.32. The first-order chi connectivity index (χ1) is 7.42. The fourth-order valence-electron chi connectivity index (χ4n) is 1.20. The number of rotatable bonds is 3. The summed E-state index contributed by atoms with van der Waals surface area (Å²) in [5, 5.41) is 9.32. The molecule has 0 saturated heterocycles. The number of benzene rings is 1. The quantitative estimate of drug-likeness (QED) is 0.506. The standard InChI is InChI=1S/C10H9ClFNO3/c1-10(12,13-5-14)6-3-9(16-2)8(15)4-7(6)11/h3-4,15H,1-2H3. The summed E-state index contributed by atoms with van der Waals surface area (Å²) in [6, 6.07) is 2.30. The second-order valence-electron chi connectivity index (χ2n) is 3.16. The molecular formula is C10H9ClFNO3. The van der Waals surface area contributed by atoms with E-state index in [9.17, 15) is 14.3 Å². The predicted molar refractivity (Wildman–Crippen MR) is 56.3 cm³/mol. The highest BCUT2D eigenvalue weighted by Gasteiger charge is 2.29. The number of carbonyl (C=O) groups excluding carboxylic acids is 1. The number of phenolic OH excluding ortho intramolecular Hbond substituents is 1. The van der Waals surface area contributed by atoms with E-state index in [0.29, 0.717) is 0 Å². The number of hydrogen-bond acceptors (Lipinski definition) is 4. The summed E-state index contributed by atoms with van der Waals surface area (Å²) in [6.07, 6.45) is 1.12. The van der Waals surface area contributed by atoms with Crippen LogP contribution in [-0.4, -0.2) is 18.3 Å². The molecule has 0 heterocycles. The van der Waals surface area contributed by atoms with Gasteiger partial charge >= 0.3 is 0 Å². The first-order valence-corrected chi connectivity index (χ1v) is 4.65. The third-order valence-electron chi connectivity index (χ3n) is 2.02. The van der Waals surface area contributed by atoms with Crippen LogP contribution in [0.2, 0.25) is 5.02 Å². The Morgan fingerprint density at radius 3 is 2.75 bits per heavy atom. The monoisotopic (exact) mass is 245 g/mol. The summed E-state index contributed by atoms with van der Waals surface area (Å²) in [5.41, 5.74) is -0.0767. The van der Waals surface area contributed by atoms with Crippen molar-refractivity contribution in [1.29, 1.82) is 0 Å². The average molecular weight is 246 g/mol. The molecule has 1 rings (SSSR count). The molecule has 0 spiro atoms. The Bertz CT molecular complexity index is 456. The molecule has 1 unspecified atom stereocenters. The highest BCUT2D eigenvalue weighted by Crippen LogP contribution is 2.39. The summed E-state index contributed by atoms with van der Waals surface area (Å²) >= 11 is 5.73. The summed E-state index contributed by atoms with van der Waals surface area (Å²) in [4.78, 5) is 13.1. The van der Waals surface area contributed by atoms with Gasteiger partial charge in [0.2, 0.25) is 11.9 Å².